The average Bonchev–Trinajstić information content (AvgIpc) is 2.90. The maximum absolute atomic E-state index is 12.0. The van der Waals surface area contributed by atoms with E-state index in [1.807, 2.05) is 30.1 Å². The van der Waals surface area contributed by atoms with E-state index in [0.717, 1.165) is 38.2 Å². The molecule has 92 valence electrons. The van der Waals surface area contributed by atoms with Gasteiger partial charge in [0, 0.05) is 38.4 Å². The average molecular weight is 233 g/mol. The molecule has 1 aliphatic heterocycles. The Morgan fingerprint density at radius 1 is 1.59 bits per heavy atom. The lowest BCUT2D eigenvalue weighted by atomic mass is 10.1. The smallest absolute Gasteiger partial charge is 0.226 e. The summed E-state index contributed by atoms with van der Waals surface area (Å²) in [5, 5.41) is 3.22. The van der Waals surface area contributed by atoms with Gasteiger partial charge in [-0.15, -0.1) is 0 Å². The van der Waals surface area contributed by atoms with Crippen molar-refractivity contribution in [1.29, 1.82) is 0 Å². The number of carbonyl (C=O) groups excluding carboxylic acids is 1. The summed E-state index contributed by atoms with van der Waals surface area (Å²) in [4.78, 5) is 18.1. The zero-order valence-corrected chi connectivity index (χ0v) is 10.2. The van der Waals surface area contributed by atoms with Crippen molar-refractivity contribution in [2.45, 2.75) is 12.8 Å². The predicted octanol–water partition coefficient (Wildman–Crippen LogP) is 0.692. The number of nitrogens with zero attached hydrogens (tertiary/aromatic N) is 2. The Labute approximate surface area is 102 Å². The molecule has 1 aromatic heterocycles. The lowest BCUT2D eigenvalue weighted by molar-refractivity contribution is -0.133. The molecule has 1 aromatic rings. The monoisotopic (exact) mass is 233 g/mol. The topological polar surface area (TPSA) is 45.2 Å². The Kier molecular flexibility index (Phi) is 4.09. The van der Waals surface area contributed by atoms with Gasteiger partial charge in [0.1, 0.15) is 0 Å². The minimum atomic E-state index is 0.170. The molecule has 0 radical (unpaired) electrons. The molecular weight excluding hydrogens is 214 g/mol. The first-order valence-corrected chi connectivity index (χ1v) is 6.13. The molecule has 0 bridgehead atoms. The van der Waals surface area contributed by atoms with Gasteiger partial charge < -0.3 is 10.2 Å². The second-order valence-electron chi connectivity index (χ2n) is 4.52. The molecule has 4 heteroatoms. The molecule has 17 heavy (non-hydrogen) atoms. The number of pyridine rings is 1. The van der Waals surface area contributed by atoms with Crippen molar-refractivity contribution in [2.75, 3.05) is 26.7 Å². The highest BCUT2D eigenvalue weighted by atomic mass is 16.2. The van der Waals surface area contributed by atoms with Crippen LogP contribution in [0.5, 0.6) is 0 Å². The first kappa shape index (κ1) is 12.0. The van der Waals surface area contributed by atoms with E-state index < -0.39 is 0 Å². The SMILES string of the molecule is CN(CCc1ccccn1)C(=O)C1CCNC1. The van der Waals surface area contributed by atoms with E-state index in [-0.39, 0.29) is 11.8 Å². The molecular formula is C13H19N3O. The molecule has 1 fully saturated rings. The third-order valence-corrected chi connectivity index (χ3v) is 3.22. The summed E-state index contributed by atoms with van der Waals surface area (Å²) in [6.45, 7) is 2.53. The van der Waals surface area contributed by atoms with Crippen LogP contribution in [0.15, 0.2) is 24.4 Å². The predicted molar refractivity (Wildman–Crippen MR) is 66.6 cm³/mol. The molecule has 1 unspecified atom stereocenters. The van der Waals surface area contributed by atoms with Crippen LogP contribution >= 0.6 is 0 Å². The summed E-state index contributed by atoms with van der Waals surface area (Å²) >= 11 is 0. The van der Waals surface area contributed by atoms with Crippen LogP contribution < -0.4 is 5.32 Å². The van der Waals surface area contributed by atoms with Gasteiger partial charge in [-0.1, -0.05) is 6.07 Å². The van der Waals surface area contributed by atoms with E-state index in [4.69, 9.17) is 0 Å². The van der Waals surface area contributed by atoms with Crippen molar-refractivity contribution in [2.24, 2.45) is 5.92 Å². The van der Waals surface area contributed by atoms with E-state index >= 15 is 0 Å². The van der Waals surface area contributed by atoms with Crippen molar-refractivity contribution in [1.82, 2.24) is 15.2 Å². The van der Waals surface area contributed by atoms with Gasteiger partial charge in [0.05, 0.1) is 5.92 Å². The molecule has 1 saturated heterocycles. The molecule has 0 aliphatic carbocycles. The third kappa shape index (κ3) is 3.27. The first-order valence-electron chi connectivity index (χ1n) is 6.13. The molecule has 2 rings (SSSR count). The molecule has 1 atom stereocenters. The van der Waals surface area contributed by atoms with Gasteiger partial charge >= 0.3 is 0 Å². The molecule has 2 heterocycles. The Morgan fingerprint density at radius 2 is 2.47 bits per heavy atom. The van der Waals surface area contributed by atoms with E-state index in [1.54, 1.807) is 6.20 Å². The number of rotatable bonds is 4. The maximum atomic E-state index is 12.0. The van der Waals surface area contributed by atoms with Gasteiger partial charge in [0.25, 0.3) is 0 Å². The largest absolute Gasteiger partial charge is 0.345 e. The minimum absolute atomic E-state index is 0.170. The molecule has 1 amide bonds. The standard InChI is InChI=1S/C13H19N3O/c1-16(13(17)11-5-8-14-10-11)9-6-12-4-2-3-7-15-12/h2-4,7,11,14H,5-6,8-10H2,1H3. The lowest BCUT2D eigenvalue weighted by Gasteiger charge is -2.20. The lowest BCUT2D eigenvalue weighted by Crippen LogP contribution is -2.35. The summed E-state index contributed by atoms with van der Waals surface area (Å²) in [6.07, 6.45) is 3.58. The number of carbonyl (C=O) groups is 1. The van der Waals surface area contributed by atoms with Gasteiger partial charge in [-0.05, 0) is 25.1 Å². The second-order valence-corrected chi connectivity index (χ2v) is 4.52. The van der Waals surface area contributed by atoms with Crippen molar-refractivity contribution < 1.29 is 4.79 Å². The fraction of sp³-hybridized carbons (Fsp3) is 0.538. The summed E-state index contributed by atoms with van der Waals surface area (Å²) in [5.41, 5.74) is 1.04. The van der Waals surface area contributed by atoms with Crippen LogP contribution in [0, 0.1) is 5.92 Å². The van der Waals surface area contributed by atoms with Gasteiger partial charge in [-0.3, -0.25) is 9.78 Å². The van der Waals surface area contributed by atoms with Gasteiger partial charge in [0.15, 0.2) is 0 Å². The normalized spacial score (nSPS) is 19.2. The molecule has 0 saturated carbocycles. The minimum Gasteiger partial charge on any atom is -0.345 e. The third-order valence-electron chi connectivity index (χ3n) is 3.22. The van der Waals surface area contributed by atoms with Crippen LogP contribution in [-0.2, 0) is 11.2 Å². The summed E-state index contributed by atoms with van der Waals surface area (Å²) in [5.74, 6) is 0.426. The summed E-state index contributed by atoms with van der Waals surface area (Å²) < 4.78 is 0. The first-order chi connectivity index (χ1) is 8.27. The zero-order chi connectivity index (χ0) is 12.1. The summed E-state index contributed by atoms with van der Waals surface area (Å²) in [6, 6.07) is 5.88. The Hall–Kier alpha value is -1.42. The zero-order valence-electron chi connectivity index (χ0n) is 10.2. The van der Waals surface area contributed by atoms with Crippen LogP contribution in [0.2, 0.25) is 0 Å². The van der Waals surface area contributed by atoms with E-state index in [2.05, 4.69) is 10.3 Å². The second kappa shape index (κ2) is 5.77. The molecule has 0 aromatic carbocycles. The van der Waals surface area contributed by atoms with Gasteiger partial charge in [-0.2, -0.15) is 0 Å². The number of amides is 1. The van der Waals surface area contributed by atoms with Crippen LogP contribution in [-0.4, -0.2) is 42.5 Å². The number of hydrogen-bond acceptors (Lipinski definition) is 3. The van der Waals surface area contributed by atoms with Gasteiger partial charge in [-0.25, -0.2) is 0 Å². The van der Waals surface area contributed by atoms with E-state index in [1.165, 1.54) is 0 Å². The number of likely N-dealkylation sites (N-methyl/N-ethyl adjacent to an activating group) is 1. The van der Waals surface area contributed by atoms with Crippen LogP contribution in [0.3, 0.4) is 0 Å². The highest BCUT2D eigenvalue weighted by Gasteiger charge is 2.24. The Morgan fingerprint density at radius 3 is 3.12 bits per heavy atom. The molecule has 0 spiro atoms. The summed E-state index contributed by atoms with van der Waals surface area (Å²) in [7, 11) is 1.88. The van der Waals surface area contributed by atoms with E-state index in [9.17, 15) is 4.79 Å². The quantitative estimate of drug-likeness (QED) is 0.832. The molecule has 4 nitrogen and oxygen atoms in total. The highest BCUT2D eigenvalue weighted by Crippen LogP contribution is 2.11. The van der Waals surface area contributed by atoms with Crippen LogP contribution in [0.25, 0.3) is 0 Å². The molecule has 1 aliphatic rings. The highest BCUT2D eigenvalue weighted by molar-refractivity contribution is 5.79. The fourth-order valence-electron chi connectivity index (χ4n) is 2.12. The van der Waals surface area contributed by atoms with Gasteiger partial charge in [0.2, 0.25) is 5.91 Å². The number of nitrogens with one attached hydrogen (secondary N) is 1. The van der Waals surface area contributed by atoms with Crippen molar-refractivity contribution in [3.8, 4) is 0 Å². The van der Waals surface area contributed by atoms with Crippen molar-refractivity contribution >= 4 is 5.91 Å². The van der Waals surface area contributed by atoms with Crippen molar-refractivity contribution in [3.05, 3.63) is 30.1 Å². The Balaban J connectivity index is 1.80. The fourth-order valence-corrected chi connectivity index (χ4v) is 2.12. The molecule has 1 N–H and O–H groups in total. The van der Waals surface area contributed by atoms with Crippen molar-refractivity contribution in [3.63, 3.8) is 0 Å². The Bertz CT molecular complexity index is 360. The van der Waals surface area contributed by atoms with Crippen LogP contribution in [0.4, 0.5) is 0 Å². The van der Waals surface area contributed by atoms with Crippen LogP contribution in [0.1, 0.15) is 12.1 Å². The number of aromatic nitrogens is 1. The van der Waals surface area contributed by atoms with E-state index in [0.29, 0.717) is 0 Å². The maximum Gasteiger partial charge on any atom is 0.226 e. The number of hydrogen-bond donors (Lipinski definition) is 1.